The van der Waals surface area contributed by atoms with Crippen molar-refractivity contribution in [3.63, 3.8) is 0 Å². The molecular formula is C15H22N2O. The molecule has 0 bridgehead atoms. The highest BCUT2D eigenvalue weighted by molar-refractivity contribution is 5.76. The molecule has 0 saturated carbocycles. The number of hydrogen-bond acceptors (Lipinski definition) is 2. The van der Waals surface area contributed by atoms with Crippen LogP contribution in [0.3, 0.4) is 0 Å². The summed E-state index contributed by atoms with van der Waals surface area (Å²) < 4.78 is 0. The van der Waals surface area contributed by atoms with Crippen LogP contribution in [0.1, 0.15) is 37.3 Å². The molecule has 0 heterocycles. The third kappa shape index (κ3) is 3.57. The van der Waals surface area contributed by atoms with E-state index >= 15 is 0 Å². The number of fused-ring (bicyclic) bond motifs is 1. The zero-order chi connectivity index (χ0) is 13.0. The van der Waals surface area contributed by atoms with E-state index in [4.69, 9.17) is 5.73 Å². The molecule has 1 aliphatic rings. The molecule has 2 rings (SSSR count). The first-order valence-electron chi connectivity index (χ1n) is 6.77. The second-order valence-electron chi connectivity index (χ2n) is 5.29. The van der Waals surface area contributed by atoms with Crippen molar-refractivity contribution in [2.24, 2.45) is 5.73 Å². The highest BCUT2D eigenvalue weighted by Crippen LogP contribution is 2.21. The van der Waals surface area contributed by atoms with E-state index in [-0.39, 0.29) is 11.9 Å². The molecule has 0 saturated heterocycles. The summed E-state index contributed by atoms with van der Waals surface area (Å²) in [6.07, 6.45) is 4.36. The SMILES string of the molecule is CC(N)CCC(=O)NC1CCc2ccccc2C1. The molecule has 0 aliphatic heterocycles. The average molecular weight is 246 g/mol. The highest BCUT2D eigenvalue weighted by Gasteiger charge is 2.19. The lowest BCUT2D eigenvalue weighted by molar-refractivity contribution is -0.122. The van der Waals surface area contributed by atoms with Crippen LogP contribution < -0.4 is 11.1 Å². The number of benzene rings is 1. The van der Waals surface area contributed by atoms with E-state index < -0.39 is 0 Å². The molecule has 3 N–H and O–H groups in total. The van der Waals surface area contributed by atoms with Gasteiger partial charge in [0, 0.05) is 18.5 Å². The van der Waals surface area contributed by atoms with Gasteiger partial charge in [-0.25, -0.2) is 0 Å². The van der Waals surface area contributed by atoms with Crippen LogP contribution in [0.25, 0.3) is 0 Å². The average Bonchev–Trinajstić information content (AvgIpc) is 2.36. The lowest BCUT2D eigenvalue weighted by Crippen LogP contribution is -2.39. The van der Waals surface area contributed by atoms with Crippen LogP contribution in [-0.2, 0) is 17.6 Å². The molecule has 3 heteroatoms. The van der Waals surface area contributed by atoms with E-state index in [9.17, 15) is 4.79 Å². The predicted molar refractivity (Wildman–Crippen MR) is 73.3 cm³/mol. The smallest absolute Gasteiger partial charge is 0.220 e. The van der Waals surface area contributed by atoms with Crippen molar-refractivity contribution in [1.82, 2.24) is 5.32 Å². The van der Waals surface area contributed by atoms with Crippen molar-refractivity contribution in [1.29, 1.82) is 0 Å². The summed E-state index contributed by atoms with van der Waals surface area (Å²) in [5.74, 6) is 0.136. The fourth-order valence-electron chi connectivity index (χ4n) is 2.48. The monoisotopic (exact) mass is 246 g/mol. The van der Waals surface area contributed by atoms with E-state index in [1.54, 1.807) is 0 Å². The van der Waals surface area contributed by atoms with Crippen LogP contribution in [0.2, 0.25) is 0 Å². The van der Waals surface area contributed by atoms with Crippen LogP contribution in [0.15, 0.2) is 24.3 Å². The van der Waals surface area contributed by atoms with Crippen LogP contribution in [-0.4, -0.2) is 18.0 Å². The van der Waals surface area contributed by atoms with Gasteiger partial charge in [-0.05, 0) is 43.7 Å². The van der Waals surface area contributed by atoms with E-state index in [0.29, 0.717) is 12.5 Å². The van der Waals surface area contributed by atoms with Crippen LogP contribution >= 0.6 is 0 Å². The molecule has 1 aromatic rings. The first-order valence-corrected chi connectivity index (χ1v) is 6.77. The van der Waals surface area contributed by atoms with E-state index in [1.807, 2.05) is 6.92 Å². The van der Waals surface area contributed by atoms with Gasteiger partial charge in [-0.15, -0.1) is 0 Å². The van der Waals surface area contributed by atoms with Crippen molar-refractivity contribution in [2.45, 2.75) is 51.1 Å². The van der Waals surface area contributed by atoms with Gasteiger partial charge >= 0.3 is 0 Å². The number of aryl methyl sites for hydroxylation is 1. The summed E-state index contributed by atoms with van der Waals surface area (Å²) in [7, 11) is 0. The molecule has 18 heavy (non-hydrogen) atoms. The predicted octanol–water partition coefficient (Wildman–Crippen LogP) is 1.79. The molecule has 2 atom stereocenters. The molecule has 0 aromatic heterocycles. The van der Waals surface area contributed by atoms with Gasteiger partial charge < -0.3 is 11.1 Å². The third-order valence-electron chi connectivity index (χ3n) is 3.54. The summed E-state index contributed by atoms with van der Waals surface area (Å²) >= 11 is 0. The first kappa shape index (κ1) is 13.1. The Hall–Kier alpha value is -1.35. The molecule has 2 unspecified atom stereocenters. The maximum absolute atomic E-state index is 11.8. The van der Waals surface area contributed by atoms with Gasteiger partial charge in [0.1, 0.15) is 0 Å². The van der Waals surface area contributed by atoms with Gasteiger partial charge in [-0.2, -0.15) is 0 Å². The number of amides is 1. The fourth-order valence-corrected chi connectivity index (χ4v) is 2.48. The zero-order valence-corrected chi connectivity index (χ0v) is 11.0. The highest BCUT2D eigenvalue weighted by atomic mass is 16.1. The van der Waals surface area contributed by atoms with Gasteiger partial charge in [-0.3, -0.25) is 4.79 Å². The van der Waals surface area contributed by atoms with E-state index in [2.05, 4.69) is 29.6 Å². The van der Waals surface area contributed by atoms with Crippen LogP contribution in [0, 0.1) is 0 Å². The summed E-state index contributed by atoms with van der Waals surface area (Å²) in [5, 5.41) is 3.12. The summed E-state index contributed by atoms with van der Waals surface area (Å²) in [5.41, 5.74) is 8.46. The molecule has 0 fully saturated rings. The minimum absolute atomic E-state index is 0.0998. The van der Waals surface area contributed by atoms with Gasteiger partial charge in [0.05, 0.1) is 0 Å². The topological polar surface area (TPSA) is 55.1 Å². The van der Waals surface area contributed by atoms with Crippen molar-refractivity contribution in [3.05, 3.63) is 35.4 Å². The van der Waals surface area contributed by atoms with Crippen molar-refractivity contribution >= 4 is 5.91 Å². The number of nitrogens with one attached hydrogen (secondary N) is 1. The molecule has 98 valence electrons. The van der Waals surface area contributed by atoms with Crippen molar-refractivity contribution in [3.8, 4) is 0 Å². The lowest BCUT2D eigenvalue weighted by Gasteiger charge is -2.25. The van der Waals surface area contributed by atoms with Gasteiger partial charge in [0.25, 0.3) is 0 Å². The van der Waals surface area contributed by atoms with Gasteiger partial charge in [-0.1, -0.05) is 24.3 Å². The Kier molecular flexibility index (Phi) is 4.37. The zero-order valence-electron chi connectivity index (χ0n) is 11.0. The number of hydrogen-bond donors (Lipinski definition) is 2. The Morgan fingerprint density at radius 1 is 1.44 bits per heavy atom. The molecule has 1 aromatic carbocycles. The van der Waals surface area contributed by atoms with Crippen molar-refractivity contribution in [2.75, 3.05) is 0 Å². The number of rotatable bonds is 4. The van der Waals surface area contributed by atoms with Crippen LogP contribution in [0.4, 0.5) is 0 Å². The van der Waals surface area contributed by atoms with Gasteiger partial charge in [0.2, 0.25) is 5.91 Å². The van der Waals surface area contributed by atoms with E-state index in [0.717, 1.165) is 25.7 Å². The number of carbonyl (C=O) groups excluding carboxylic acids is 1. The summed E-state index contributed by atoms with van der Waals surface area (Å²) in [6.45, 7) is 1.93. The molecule has 0 spiro atoms. The number of nitrogens with two attached hydrogens (primary N) is 1. The maximum Gasteiger partial charge on any atom is 0.220 e. The Labute approximate surface area is 109 Å². The largest absolute Gasteiger partial charge is 0.353 e. The fraction of sp³-hybridized carbons (Fsp3) is 0.533. The second kappa shape index (κ2) is 6.01. The molecular weight excluding hydrogens is 224 g/mol. The number of carbonyl (C=O) groups is 1. The third-order valence-corrected chi connectivity index (χ3v) is 3.54. The standard InChI is InChI=1S/C15H22N2O/c1-11(16)6-9-15(18)17-14-8-7-12-4-2-3-5-13(12)10-14/h2-5,11,14H,6-10,16H2,1H3,(H,17,18). The Morgan fingerprint density at radius 2 is 2.17 bits per heavy atom. The lowest BCUT2D eigenvalue weighted by atomic mass is 9.88. The second-order valence-corrected chi connectivity index (χ2v) is 5.29. The molecule has 3 nitrogen and oxygen atoms in total. The minimum atomic E-state index is 0.0998. The Balaban J connectivity index is 1.84. The quantitative estimate of drug-likeness (QED) is 0.851. The van der Waals surface area contributed by atoms with Crippen LogP contribution in [0.5, 0.6) is 0 Å². The Bertz CT molecular complexity index is 415. The summed E-state index contributed by atoms with van der Waals surface area (Å²) in [6, 6.07) is 8.89. The molecule has 1 amide bonds. The minimum Gasteiger partial charge on any atom is -0.353 e. The van der Waals surface area contributed by atoms with E-state index in [1.165, 1.54) is 11.1 Å². The molecule has 0 radical (unpaired) electrons. The molecule has 1 aliphatic carbocycles. The Morgan fingerprint density at radius 3 is 2.89 bits per heavy atom. The van der Waals surface area contributed by atoms with Crippen molar-refractivity contribution < 1.29 is 4.79 Å². The maximum atomic E-state index is 11.8. The van der Waals surface area contributed by atoms with Gasteiger partial charge in [0.15, 0.2) is 0 Å². The first-order chi connectivity index (χ1) is 8.65. The normalized spacial score (nSPS) is 20.0. The summed E-state index contributed by atoms with van der Waals surface area (Å²) in [4.78, 5) is 11.8.